The van der Waals surface area contributed by atoms with Crippen molar-refractivity contribution in [3.63, 3.8) is 0 Å². The first kappa shape index (κ1) is 17.3. The molecule has 22 heavy (non-hydrogen) atoms. The fourth-order valence-electron chi connectivity index (χ4n) is 3.86. The Balaban J connectivity index is 0.00000176. The van der Waals surface area contributed by atoms with E-state index in [9.17, 15) is 4.79 Å². The standard InChI is InChI=1S/C18H26N2O.ClH/c1-13-6-2-3-7-14(13)10-11-19-18(21)17-12-15-8-4-5-9-16(15)20-17;/h2-3,6-7,15-17,20H,4-5,8-12H2,1H3,(H,19,21);1H. The van der Waals surface area contributed by atoms with Gasteiger partial charge in [0.25, 0.3) is 0 Å². The van der Waals surface area contributed by atoms with E-state index in [1.807, 2.05) is 0 Å². The lowest BCUT2D eigenvalue weighted by molar-refractivity contribution is -0.122. The summed E-state index contributed by atoms with van der Waals surface area (Å²) < 4.78 is 0. The van der Waals surface area contributed by atoms with Gasteiger partial charge in [-0.2, -0.15) is 0 Å². The minimum Gasteiger partial charge on any atom is -0.354 e. The highest BCUT2D eigenvalue weighted by Crippen LogP contribution is 2.33. The largest absolute Gasteiger partial charge is 0.354 e. The van der Waals surface area contributed by atoms with E-state index >= 15 is 0 Å². The summed E-state index contributed by atoms with van der Waals surface area (Å²) in [6.45, 7) is 2.86. The summed E-state index contributed by atoms with van der Waals surface area (Å²) in [5.74, 6) is 0.920. The monoisotopic (exact) mass is 322 g/mol. The van der Waals surface area contributed by atoms with Crippen LogP contribution in [0.5, 0.6) is 0 Å². The van der Waals surface area contributed by atoms with Crippen molar-refractivity contribution < 1.29 is 4.79 Å². The van der Waals surface area contributed by atoms with E-state index in [2.05, 4.69) is 41.8 Å². The molecule has 1 aromatic carbocycles. The first-order valence-electron chi connectivity index (χ1n) is 8.32. The molecule has 0 spiro atoms. The van der Waals surface area contributed by atoms with Gasteiger partial charge in [-0.1, -0.05) is 37.1 Å². The zero-order chi connectivity index (χ0) is 14.7. The van der Waals surface area contributed by atoms with Gasteiger partial charge in [0.1, 0.15) is 0 Å². The summed E-state index contributed by atoms with van der Waals surface area (Å²) in [5, 5.41) is 6.65. The Bertz CT molecular complexity index is 492. The molecule has 0 radical (unpaired) electrons. The summed E-state index contributed by atoms with van der Waals surface area (Å²) >= 11 is 0. The highest BCUT2D eigenvalue weighted by atomic mass is 35.5. The molecule has 0 aromatic heterocycles. The van der Waals surface area contributed by atoms with Gasteiger partial charge in [-0.3, -0.25) is 4.79 Å². The van der Waals surface area contributed by atoms with Gasteiger partial charge >= 0.3 is 0 Å². The van der Waals surface area contributed by atoms with Crippen molar-refractivity contribution in [1.82, 2.24) is 10.6 Å². The Hall–Kier alpha value is -1.06. The first-order chi connectivity index (χ1) is 10.2. The Kier molecular flexibility index (Phi) is 6.27. The number of rotatable bonds is 4. The van der Waals surface area contributed by atoms with Crippen LogP contribution in [0.25, 0.3) is 0 Å². The molecular weight excluding hydrogens is 296 g/mol. The Labute approximate surface area is 139 Å². The van der Waals surface area contributed by atoms with Crippen LogP contribution in [0.3, 0.4) is 0 Å². The van der Waals surface area contributed by atoms with E-state index in [1.54, 1.807) is 0 Å². The summed E-state index contributed by atoms with van der Waals surface area (Å²) in [5.41, 5.74) is 2.63. The van der Waals surface area contributed by atoms with E-state index < -0.39 is 0 Å². The zero-order valence-electron chi connectivity index (χ0n) is 13.3. The molecule has 1 saturated carbocycles. The molecule has 1 aliphatic heterocycles. The Morgan fingerprint density at radius 3 is 2.82 bits per heavy atom. The van der Waals surface area contributed by atoms with Crippen molar-refractivity contribution in [3.8, 4) is 0 Å². The number of hydrogen-bond acceptors (Lipinski definition) is 2. The molecule has 1 aliphatic carbocycles. The smallest absolute Gasteiger partial charge is 0.237 e. The van der Waals surface area contributed by atoms with Crippen LogP contribution in [0.15, 0.2) is 24.3 Å². The van der Waals surface area contributed by atoms with Crippen LogP contribution < -0.4 is 10.6 Å². The molecule has 2 aliphatic rings. The fourth-order valence-corrected chi connectivity index (χ4v) is 3.86. The minimum absolute atomic E-state index is 0. The third kappa shape index (κ3) is 4.02. The van der Waals surface area contributed by atoms with Crippen molar-refractivity contribution in [2.75, 3.05) is 6.54 Å². The van der Waals surface area contributed by atoms with Crippen molar-refractivity contribution in [1.29, 1.82) is 0 Å². The molecule has 2 fully saturated rings. The number of benzene rings is 1. The molecule has 122 valence electrons. The number of carbonyl (C=O) groups excluding carboxylic acids is 1. The number of nitrogens with one attached hydrogen (secondary N) is 2. The predicted octanol–water partition coefficient (Wildman–Crippen LogP) is 3.00. The Morgan fingerprint density at radius 1 is 1.27 bits per heavy atom. The number of aryl methyl sites for hydroxylation is 1. The highest BCUT2D eigenvalue weighted by Gasteiger charge is 2.37. The number of hydrogen-bond donors (Lipinski definition) is 2. The molecular formula is C18H27ClN2O. The van der Waals surface area contributed by atoms with Crippen molar-refractivity contribution in [3.05, 3.63) is 35.4 Å². The first-order valence-corrected chi connectivity index (χ1v) is 8.32. The topological polar surface area (TPSA) is 41.1 Å². The van der Waals surface area contributed by atoms with Gasteiger partial charge < -0.3 is 10.6 Å². The van der Waals surface area contributed by atoms with Crippen molar-refractivity contribution in [2.45, 2.75) is 57.5 Å². The van der Waals surface area contributed by atoms with Gasteiger partial charge in [-0.05, 0) is 49.7 Å². The third-order valence-electron chi connectivity index (χ3n) is 5.13. The lowest BCUT2D eigenvalue weighted by Gasteiger charge is -2.24. The van der Waals surface area contributed by atoms with Gasteiger partial charge in [0.2, 0.25) is 5.91 Å². The predicted molar refractivity (Wildman–Crippen MR) is 92.4 cm³/mol. The summed E-state index contributed by atoms with van der Waals surface area (Å²) in [4.78, 5) is 12.3. The van der Waals surface area contributed by atoms with Crippen LogP contribution in [-0.4, -0.2) is 24.5 Å². The zero-order valence-corrected chi connectivity index (χ0v) is 14.1. The van der Waals surface area contributed by atoms with Gasteiger partial charge in [-0.25, -0.2) is 0 Å². The number of carbonyl (C=O) groups is 1. The van der Waals surface area contributed by atoms with Crippen molar-refractivity contribution >= 4 is 18.3 Å². The van der Waals surface area contributed by atoms with E-state index in [-0.39, 0.29) is 24.4 Å². The maximum Gasteiger partial charge on any atom is 0.237 e. The molecule has 4 heteroatoms. The van der Waals surface area contributed by atoms with E-state index in [0.717, 1.165) is 25.3 Å². The quantitative estimate of drug-likeness (QED) is 0.894. The van der Waals surface area contributed by atoms with Crippen LogP contribution in [0.2, 0.25) is 0 Å². The second-order valence-electron chi connectivity index (χ2n) is 6.57. The van der Waals surface area contributed by atoms with Crippen LogP contribution in [0.1, 0.15) is 43.2 Å². The van der Waals surface area contributed by atoms with Gasteiger partial charge in [0.15, 0.2) is 0 Å². The average molecular weight is 323 g/mol. The lowest BCUT2D eigenvalue weighted by Crippen LogP contribution is -2.43. The Morgan fingerprint density at radius 2 is 2.05 bits per heavy atom. The maximum atomic E-state index is 12.3. The molecule has 1 saturated heterocycles. The molecule has 3 rings (SSSR count). The summed E-state index contributed by atoms with van der Waals surface area (Å²) in [6, 6.07) is 9.01. The van der Waals surface area contributed by atoms with E-state index in [1.165, 1.54) is 36.8 Å². The molecule has 3 unspecified atom stereocenters. The van der Waals surface area contributed by atoms with Gasteiger partial charge in [0, 0.05) is 12.6 Å². The fraction of sp³-hybridized carbons (Fsp3) is 0.611. The molecule has 0 bridgehead atoms. The van der Waals surface area contributed by atoms with Gasteiger partial charge in [0.05, 0.1) is 6.04 Å². The molecule has 3 nitrogen and oxygen atoms in total. The maximum absolute atomic E-state index is 12.3. The van der Waals surface area contributed by atoms with Crippen LogP contribution in [0, 0.1) is 12.8 Å². The highest BCUT2D eigenvalue weighted by molar-refractivity contribution is 5.85. The molecule has 3 atom stereocenters. The number of fused-ring (bicyclic) bond motifs is 1. The average Bonchev–Trinajstić information content (AvgIpc) is 2.93. The minimum atomic E-state index is 0. The van der Waals surface area contributed by atoms with Gasteiger partial charge in [-0.15, -0.1) is 12.4 Å². The lowest BCUT2D eigenvalue weighted by atomic mass is 9.85. The summed E-state index contributed by atoms with van der Waals surface area (Å²) in [6.07, 6.45) is 7.14. The molecule has 1 heterocycles. The number of halogens is 1. The van der Waals surface area contributed by atoms with Crippen LogP contribution >= 0.6 is 12.4 Å². The van der Waals surface area contributed by atoms with E-state index in [0.29, 0.717) is 6.04 Å². The van der Waals surface area contributed by atoms with Crippen molar-refractivity contribution in [2.24, 2.45) is 5.92 Å². The molecule has 1 aromatic rings. The molecule has 1 amide bonds. The second kappa shape index (κ2) is 7.98. The molecule has 2 N–H and O–H groups in total. The van der Waals surface area contributed by atoms with E-state index in [4.69, 9.17) is 0 Å². The number of amides is 1. The third-order valence-corrected chi connectivity index (χ3v) is 5.13. The summed E-state index contributed by atoms with van der Waals surface area (Å²) in [7, 11) is 0. The SMILES string of the molecule is Cc1ccccc1CCNC(=O)C1CC2CCCCC2N1.Cl. The van der Waals surface area contributed by atoms with Crippen LogP contribution in [0.4, 0.5) is 0 Å². The van der Waals surface area contributed by atoms with Crippen LogP contribution in [-0.2, 0) is 11.2 Å². The normalized spacial score (nSPS) is 26.9. The second-order valence-corrected chi connectivity index (χ2v) is 6.57.